The van der Waals surface area contributed by atoms with Gasteiger partial charge in [-0.25, -0.2) is 8.91 Å². The average Bonchev–Trinajstić information content (AvgIpc) is 2.94. The predicted molar refractivity (Wildman–Crippen MR) is 63.8 cm³/mol. The molecule has 3 heterocycles. The minimum absolute atomic E-state index is 0.00948. The van der Waals surface area contributed by atoms with Crippen molar-refractivity contribution in [2.45, 2.75) is 25.1 Å². The summed E-state index contributed by atoms with van der Waals surface area (Å²) in [5.41, 5.74) is 5.49. The number of nitrogens with two attached hydrogens (primary N) is 1. The monoisotopic (exact) mass is 289 g/mol. The topological polar surface area (TPSA) is 59.5 Å². The third-order valence-electron chi connectivity index (χ3n) is 3.33. The number of aromatic nitrogens is 3. The Bertz CT molecular complexity index is 611. The molecule has 0 aromatic carbocycles. The van der Waals surface area contributed by atoms with Crippen LogP contribution in [0.2, 0.25) is 0 Å². The van der Waals surface area contributed by atoms with E-state index in [-0.39, 0.29) is 30.2 Å². The van der Waals surface area contributed by atoms with E-state index in [1.165, 1.54) is 6.07 Å². The summed E-state index contributed by atoms with van der Waals surface area (Å²) in [6.07, 6.45) is -2.91. The van der Waals surface area contributed by atoms with E-state index in [0.717, 1.165) is 15.6 Å². The van der Waals surface area contributed by atoms with Gasteiger partial charge in [0.1, 0.15) is 6.04 Å². The molecule has 2 N–H and O–H groups in total. The standard InChI is InChI=1S/C11H11F4N5/c12-6-5-20-9(4-7(6)16)17-10(18-20)19-3-1-2-8(19)11(13,14)15/h4-5,8H,1-3,16H2. The second kappa shape index (κ2) is 4.22. The van der Waals surface area contributed by atoms with Gasteiger partial charge in [-0.05, 0) is 12.8 Å². The van der Waals surface area contributed by atoms with Crippen LogP contribution in [0, 0.1) is 5.82 Å². The Balaban J connectivity index is 2.02. The molecular weight excluding hydrogens is 278 g/mol. The molecule has 2 aromatic heterocycles. The van der Waals surface area contributed by atoms with Gasteiger partial charge >= 0.3 is 6.18 Å². The number of nitrogen functional groups attached to an aromatic ring is 1. The summed E-state index contributed by atoms with van der Waals surface area (Å²) >= 11 is 0. The van der Waals surface area contributed by atoms with Crippen LogP contribution in [-0.2, 0) is 0 Å². The number of hydrogen-bond donors (Lipinski definition) is 1. The van der Waals surface area contributed by atoms with Crippen LogP contribution in [0.4, 0.5) is 29.2 Å². The molecule has 20 heavy (non-hydrogen) atoms. The highest BCUT2D eigenvalue weighted by molar-refractivity contribution is 5.54. The van der Waals surface area contributed by atoms with Crippen molar-refractivity contribution in [1.29, 1.82) is 0 Å². The Morgan fingerprint density at radius 2 is 2.10 bits per heavy atom. The minimum Gasteiger partial charge on any atom is -0.396 e. The normalized spacial score (nSPS) is 20.0. The number of halogens is 4. The molecule has 9 heteroatoms. The first-order valence-corrected chi connectivity index (χ1v) is 6.01. The van der Waals surface area contributed by atoms with Crippen molar-refractivity contribution in [2.75, 3.05) is 17.2 Å². The number of anilines is 2. The maximum Gasteiger partial charge on any atom is 0.408 e. The zero-order chi connectivity index (χ0) is 14.5. The Morgan fingerprint density at radius 3 is 2.80 bits per heavy atom. The molecule has 1 aliphatic rings. The third kappa shape index (κ3) is 2.02. The molecule has 0 amide bonds. The third-order valence-corrected chi connectivity index (χ3v) is 3.33. The maximum atomic E-state index is 13.3. The van der Waals surface area contributed by atoms with E-state index in [9.17, 15) is 17.6 Å². The second-order valence-corrected chi connectivity index (χ2v) is 4.68. The molecular formula is C11H11F4N5. The van der Waals surface area contributed by atoms with E-state index < -0.39 is 18.0 Å². The number of pyridine rings is 1. The molecule has 1 fully saturated rings. The molecule has 0 saturated carbocycles. The summed E-state index contributed by atoms with van der Waals surface area (Å²) in [6.45, 7) is 0.221. The number of nitrogens with zero attached hydrogens (tertiary/aromatic N) is 4. The van der Waals surface area contributed by atoms with Crippen LogP contribution in [0.3, 0.4) is 0 Å². The van der Waals surface area contributed by atoms with Gasteiger partial charge in [0.25, 0.3) is 0 Å². The number of rotatable bonds is 1. The van der Waals surface area contributed by atoms with E-state index in [4.69, 9.17) is 5.73 Å². The van der Waals surface area contributed by atoms with E-state index in [0.29, 0.717) is 6.42 Å². The van der Waals surface area contributed by atoms with Crippen LogP contribution < -0.4 is 10.6 Å². The van der Waals surface area contributed by atoms with Gasteiger partial charge < -0.3 is 10.6 Å². The van der Waals surface area contributed by atoms with Crippen LogP contribution in [0.25, 0.3) is 5.65 Å². The maximum absolute atomic E-state index is 13.3. The fourth-order valence-electron chi connectivity index (χ4n) is 2.38. The van der Waals surface area contributed by atoms with Crippen molar-refractivity contribution in [1.82, 2.24) is 14.6 Å². The molecule has 5 nitrogen and oxygen atoms in total. The predicted octanol–water partition coefficient (Wildman–Crippen LogP) is 1.98. The molecule has 1 aliphatic heterocycles. The molecule has 0 aliphatic carbocycles. The van der Waals surface area contributed by atoms with Crippen LogP contribution >= 0.6 is 0 Å². The molecule has 0 bridgehead atoms. The molecule has 0 radical (unpaired) electrons. The summed E-state index contributed by atoms with van der Waals surface area (Å²) in [5, 5.41) is 3.90. The lowest BCUT2D eigenvalue weighted by atomic mass is 10.2. The lowest BCUT2D eigenvalue weighted by Crippen LogP contribution is -2.41. The van der Waals surface area contributed by atoms with Crippen molar-refractivity contribution in [3.63, 3.8) is 0 Å². The summed E-state index contributed by atoms with van der Waals surface area (Å²) in [7, 11) is 0. The van der Waals surface area contributed by atoms with Crippen molar-refractivity contribution < 1.29 is 17.6 Å². The van der Waals surface area contributed by atoms with Crippen molar-refractivity contribution >= 4 is 17.3 Å². The van der Waals surface area contributed by atoms with Gasteiger partial charge in [0, 0.05) is 12.6 Å². The lowest BCUT2D eigenvalue weighted by Gasteiger charge is -2.24. The zero-order valence-corrected chi connectivity index (χ0v) is 10.2. The SMILES string of the molecule is Nc1cc2nc(N3CCCC3C(F)(F)F)nn2cc1F. The number of alkyl halides is 3. The first kappa shape index (κ1) is 12.9. The molecule has 0 spiro atoms. The van der Waals surface area contributed by atoms with Crippen molar-refractivity contribution in [3.05, 3.63) is 18.1 Å². The summed E-state index contributed by atoms with van der Waals surface area (Å²) in [4.78, 5) is 5.09. The Hall–Kier alpha value is -2.06. The van der Waals surface area contributed by atoms with Crippen molar-refractivity contribution in [3.8, 4) is 0 Å². The Kier molecular flexibility index (Phi) is 2.73. The molecule has 1 unspecified atom stereocenters. The van der Waals surface area contributed by atoms with Crippen molar-refractivity contribution in [2.24, 2.45) is 0 Å². The van der Waals surface area contributed by atoms with Gasteiger partial charge in [-0.1, -0.05) is 0 Å². The van der Waals surface area contributed by atoms with Crippen LogP contribution in [0.15, 0.2) is 12.3 Å². The quantitative estimate of drug-likeness (QED) is 0.816. The Labute approximate surface area is 111 Å². The Morgan fingerprint density at radius 1 is 1.35 bits per heavy atom. The fraction of sp³-hybridized carbons (Fsp3) is 0.455. The first-order valence-electron chi connectivity index (χ1n) is 6.01. The lowest BCUT2D eigenvalue weighted by molar-refractivity contribution is -0.146. The van der Waals surface area contributed by atoms with Gasteiger partial charge in [-0.3, -0.25) is 0 Å². The van der Waals surface area contributed by atoms with Gasteiger partial charge in [0.15, 0.2) is 11.5 Å². The summed E-state index contributed by atoms with van der Waals surface area (Å²) in [6, 6.07) is -0.355. The number of hydrogen-bond acceptors (Lipinski definition) is 4. The highest BCUT2D eigenvalue weighted by atomic mass is 19.4. The number of fused-ring (bicyclic) bond motifs is 1. The van der Waals surface area contributed by atoms with E-state index in [1.54, 1.807) is 0 Å². The van der Waals surface area contributed by atoms with Crippen LogP contribution in [-0.4, -0.2) is 33.4 Å². The fourth-order valence-corrected chi connectivity index (χ4v) is 2.38. The smallest absolute Gasteiger partial charge is 0.396 e. The van der Waals surface area contributed by atoms with Crippen LogP contribution in [0.1, 0.15) is 12.8 Å². The van der Waals surface area contributed by atoms with Crippen LogP contribution in [0.5, 0.6) is 0 Å². The van der Waals surface area contributed by atoms with Gasteiger partial charge in [-0.15, -0.1) is 5.10 Å². The largest absolute Gasteiger partial charge is 0.408 e. The van der Waals surface area contributed by atoms with E-state index >= 15 is 0 Å². The van der Waals surface area contributed by atoms with Gasteiger partial charge in [0.05, 0.1) is 11.9 Å². The van der Waals surface area contributed by atoms with Gasteiger partial charge in [0.2, 0.25) is 5.95 Å². The highest BCUT2D eigenvalue weighted by Gasteiger charge is 2.47. The molecule has 1 saturated heterocycles. The molecule has 3 rings (SSSR count). The molecule has 2 aromatic rings. The highest BCUT2D eigenvalue weighted by Crippen LogP contribution is 2.34. The second-order valence-electron chi connectivity index (χ2n) is 4.68. The first-order chi connectivity index (χ1) is 9.36. The van der Waals surface area contributed by atoms with E-state index in [1.807, 2.05) is 0 Å². The van der Waals surface area contributed by atoms with Gasteiger partial charge in [-0.2, -0.15) is 18.2 Å². The summed E-state index contributed by atoms with van der Waals surface area (Å²) in [5.74, 6) is -0.752. The minimum atomic E-state index is -4.34. The summed E-state index contributed by atoms with van der Waals surface area (Å²) < 4.78 is 53.1. The molecule has 108 valence electrons. The van der Waals surface area contributed by atoms with E-state index in [2.05, 4.69) is 10.1 Å². The zero-order valence-electron chi connectivity index (χ0n) is 10.2. The molecule has 1 atom stereocenters. The average molecular weight is 289 g/mol.